The Bertz CT molecular complexity index is 881. The molecule has 31 heavy (non-hydrogen) atoms. The van der Waals surface area contributed by atoms with Crippen molar-refractivity contribution in [1.29, 1.82) is 0 Å². The van der Waals surface area contributed by atoms with E-state index in [4.69, 9.17) is 0 Å². The summed E-state index contributed by atoms with van der Waals surface area (Å²) in [5.41, 5.74) is 2.77. The molecule has 1 aliphatic rings. The summed E-state index contributed by atoms with van der Waals surface area (Å²) in [7, 11) is 1.74. The molecule has 0 unspecified atom stereocenters. The van der Waals surface area contributed by atoms with Gasteiger partial charge < -0.3 is 16.0 Å². The van der Waals surface area contributed by atoms with Crippen LogP contribution in [0.3, 0.4) is 0 Å². The number of amides is 1. The van der Waals surface area contributed by atoms with Gasteiger partial charge in [0.25, 0.3) is 5.91 Å². The summed E-state index contributed by atoms with van der Waals surface area (Å²) in [6.07, 6.45) is 4.13. The Morgan fingerprint density at radius 2 is 1.84 bits per heavy atom. The van der Waals surface area contributed by atoms with Gasteiger partial charge in [-0.2, -0.15) is 0 Å². The lowest BCUT2D eigenvalue weighted by atomic mass is 9.96. The molecule has 1 saturated carbocycles. The Labute approximate surface area is 201 Å². The van der Waals surface area contributed by atoms with Gasteiger partial charge in [0.2, 0.25) is 0 Å². The SMILES string of the molecule is CCCCNC(=O)c1ccc(CNC(=NC)NCC2(c3cccc(F)c3)CC2)cc1.I. The highest BCUT2D eigenvalue weighted by Crippen LogP contribution is 2.47. The molecule has 2 aromatic rings. The van der Waals surface area contributed by atoms with Crippen LogP contribution in [0.25, 0.3) is 0 Å². The quantitative estimate of drug-likeness (QED) is 0.192. The number of halogens is 2. The van der Waals surface area contributed by atoms with Crippen LogP contribution in [0.1, 0.15) is 54.1 Å². The smallest absolute Gasteiger partial charge is 0.251 e. The zero-order valence-electron chi connectivity index (χ0n) is 18.2. The standard InChI is InChI=1S/C24H31FN4O.HI/c1-3-4-14-27-22(30)19-10-8-18(9-11-19)16-28-23(26-2)29-17-24(12-13-24)20-6-5-7-21(25)15-20;/h5-11,15H,3-4,12-14,16-17H2,1-2H3,(H,27,30)(H2,26,28,29);1H. The Balaban J connectivity index is 0.00000341. The lowest BCUT2D eigenvalue weighted by molar-refractivity contribution is 0.0953. The van der Waals surface area contributed by atoms with E-state index >= 15 is 0 Å². The van der Waals surface area contributed by atoms with Crippen molar-refractivity contribution >= 4 is 35.8 Å². The van der Waals surface area contributed by atoms with Crippen molar-refractivity contribution in [3.8, 4) is 0 Å². The van der Waals surface area contributed by atoms with Gasteiger partial charge in [-0.05, 0) is 54.7 Å². The number of unbranched alkanes of at least 4 members (excludes halogenated alkanes) is 1. The fourth-order valence-corrected chi connectivity index (χ4v) is 3.45. The van der Waals surface area contributed by atoms with Crippen LogP contribution >= 0.6 is 24.0 Å². The van der Waals surface area contributed by atoms with E-state index in [1.807, 2.05) is 30.3 Å². The summed E-state index contributed by atoms with van der Waals surface area (Å²) >= 11 is 0. The molecule has 7 heteroatoms. The summed E-state index contributed by atoms with van der Waals surface area (Å²) in [6, 6.07) is 14.5. The normalized spacial score (nSPS) is 14.4. The maximum Gasteiger partial charge on any atom is 0.251 e. The number of aliphatic imine (C=N–C) groups is 1. The zero-order chi connectivity index (χ0) is 21.4. The number of benzene rings is 2. The second kappa shape index (κ2) is 12.0. The number of nitrogens with one attached hydrogen (secondary N) is 3. The average molecular weight is 538 g/mol. The lowest BCUT2D eigenvalue weighted by Gasteiger charge is -2.19. The summed E-state index contributed by atoms with van der Waals surface area (Å²) in [6.45, 7) is 4.12. The number of carbonyl (C=O) groups excluding carboxylic acids is 1. The molecule has 0 bridgehead atoms. The molecule has 168 valence electrons. The molecule has 1 amide bonds. The first-order valence-corrected chi connectivity index (χ1v) is 10.6. The topological polar surface area (TPSA) is 65.5 Å². The minimum atomic E-state index is -0.191. The van der Waals surface area contributed by atoms with Crippen LogP contribution < -0.4 is 16.0 Å². The predicted molar refractivity (Wildman–Crippen MR) is 135 cm³/mol. The van der Waals surface area contributed by atoms with Gasteiger partial charge >= 0.3 is 0 Å². The average Bonchev–Trinajstić information content (AvgIpc) is 3.55. The van der Waals surface area contributed by atoms with Gasteiger partial charge in [0.1, 0.15) is 5.82 Å². The Hall–Kier alpha value is -2.16. The van der Waals surface area contributed by atoms with Crippen molar-refractivity contribution in [2.75, 3.05) is 20.1 Å². The molecule has 0 spiro atoms. The van der Waals surface area contributed by atoms with E-state index in [1.165, 1.54) is 6.07 Å². The van der Waals surface area contributed by atoms with Crippen LogP contribution in [-0.4, -0.2) is 32.0 Å². The Morgan fingerprint density at radius 1 is 1.10 bits per heavy atom. The maximum atomic E-state index is 13.6. The van der Waals surface area contributed by atoms with Crippen molar-refractivity contribution in [3.63, 3.8) is 0 Å². The molecule has 3 rings (SSSR count). The van der Waals surface area contributed by atoms with Gasteiger partial charge in [0.15, 0.2) is 5.96 Å². The number of hydrogen-bond donors (Lipinski definition) is 3. The first kappa shape index (κ1) is 25.1. The number of hydrogen-bond acceptors (Lipinski definition) is 2. The monoisotopic (exact) mass is 538 g/mol. The second-order valence-electron chi connectivity index (χ2n) is 7.88. The van der Waals surface area contributed by atoms with Gasteiger partial charge in [0, 0.05) is 37.7 Å². The highest BCUT2D eigenvalue weighted by atomic mass is 127. The van der Waals surface area contributed by atoms with Crippen molar-refractivity contribution in [2.24, 2.45) is 4.99 Å². The largest absolute Gasteiger partial charge is 0.356 e. The molecule has 2 aromatic carbocycles. The van der Waals surface area contributed by atoms with E-state index in [0.29, 0.717) is 31.2 Å². The molecular weight excluding hydrogens is 506 g/mol. The van der Waals surface area contributed by atoms with Crippen LogP contribution in [-0.2, 0) is 12.0 Å². The van der Waals surface area contributed by atoms with Gasteiger partial charge in [-0.3, -0.25) is 9.79 Å². The molecular formula is C24H32FIN4O. The molecule has 3 N–H and O–H groups in total. The summed E-state index contributed by atoms with van der Waals surface area (Å²) < 4.78 is 13.6. The van der Waals surface area contributed by atoms with E-state index in [-0.39, 0.29) is 41.1 Å². The molecule has 0 heterocycles. The highest BCUT2D eigenvalue weighted by molar-refractivity contribution is 14.0. The first-order valence-electron chi connectivity index (χ1n) is 10.6. The van der Waals surface area contributed by atoms with Crippen molar-refractivity contribution in [3.05, 3.63) is 71.0 Å². The summed E-state index contributed by atoms with van der Waals surface area (Å²) in [4.78, 5) is 16.4. The van der Waals surface area contributed by atoms with Gasteiger partial charge in [-0.1, -0.05) is 37.6 Å². The predicted octanol–water partition coefficient (Wildman–Crippen LogP) is 4.37. The van der Waals surface area contributed by atoms with E-state index in [9.17, 15) is 9.18 Å². The molecule has 1 fully saturated rings. The van der Waals surface area contributed by atoms with Crippen LogP contribution in [0.5, 0.6) is 0 Å². The minimum absolute atomic E-state index is 0. The molecule has 0 radical (unpaired) electrons. The van der Waals surface area contributed by atoms with Gasteiger partial charge in [-0.15, -0.1) is 24.0 Å². The van der Waals surface area contributed by atoms with Gasteiger partial charge in [-0.25, -0.2) is 4.39 Å². The molecule has 0 aliphatic heterocycles. The zero-order valence-corrected chi connectivity index (χ0v) is 20.5. The summed E-state index contributed by atoms with van der Waals surface area (Å²) in [5.74, 6) is 0.482. The lowest BCUT2D eigenvalue weighted by Crippen LogP contribution is -2.40. The second-order valence-corrected chi connectivity index (χ2v) is 7.88. The summed E-state index contributed by atoms with van der Waals surface area (Å²) in [5, 5.41) is 9.60. The maximum absolute atomic E-state index is 13.6. The van der Waals surface area contributed by atoms with Crippen LogP contribution in [0, 0.1) is 5.82 Å². The van der Waals surface area contributed by atoms with Crippen molar-refractivity contribution < 1.29 is 9.18 Å². The molecule has 1 aliphatic carbocycles. The minimum Gasteiger partial charge on any atom is -0.356 e. The van der Waals surface area contributed by atoms with Crippen LogP contribution in [0.15, 0.2) is 53.5 Å². The third-order valence-corrected chi connectivity index (χ3v) is 5.60. The Morgan fingerprint density at radius 3 is 2.45 bits per heavy atom. The molecule has 0 saturated heterocycles. The number of carbonyl (C=O) groups is 1. The molecule has 0 atom stereocenters. The van der Waals surface area contributed by atoms with E-state index in [2.05, 4.69) is 27.9 Å². The van der Waals surface area contributed by atoms with Crippen LogP contribution in [0.4, 0.5) is 4.39 Å². The van der Waals surface area contributed by atoms with Gasteiger partial charge in [0.05, 0.1) is 0 Å². The Kier molecular flexibility index (Phi) is 9.74. The molecule has 0 aromatic heterocycles. The van der Waals surface area contributed by atoms with E-state index < -0.39 is 0 Å². The highest BCUT2D eigenvalue weighted by Gasteiger charge is 2.44. The van der Waals surface area contributed by atoms with E-state index in [1.54, 1.807) is 19.2 Å². The van der Waals surface area contributed by atoms with Crippen molar-refractivity contribution in [1.82, 2.24) is 16.0 Å². The number of guanidine groups is 1. The third-order valence-electron chi connectivity index (χ3n) is 5.60. The van der Waals surface area contributed by atoms with Crippen molar-refractivity contribution in [2.45, 2.75) is 44.6 Å². The third kappa shape index (κ3) is 7.19. The first-order chi connectivity index (χ1) is 14.6. The number of rotatable bonds is 9. The number of nitrogens with zero attached hydrogens (tertiary/aromatic N) is 1. The fourth-order valence-electron chi connectivity index (χ4n) is 3.45. The van der Waals surface area contributed by atoms with Crippen LogP contribution in [0.2, 0.25) is 0 Å². The van der Waals surface area contributed by atoms with E-state index in [0.717, 1.165) is 36.8 Å². The fraction of sp³-hybridized carbons (Fsp3) is 0.417. The molecule has 5 nitrogen and oxygen atoms in total.